The lowest BCUT2D eigenvalue weighted by Gasteiger charge is -2.34. The molecule has 0 aliphatic carbocycles. The lowest BCUT2D eigenvalue weighted by Crippen LogP contribution is -2.51. The Bertz CT molecular complexity index is 599. The minimum atomic E-state index is -3.41. The molecule has 0 N–H and O–H groups in total. The highest BCUT2D eigenvalue weighted by atomic mass is 32.2. The summed E-state index contributed by atoms with van der Waals surface area (Å²) in [4.78, 5) is 0. The minimum absolute atomic E-state index is 0.0213. The third kappa shape index (κ3) is 2.80. The summed E-state index contributed by atoms with van der Waals surface area (Å²) in [5, 5.41) is 0. The number of hydrogen-bond acceptors (Lipinski definition) is 3. The highest BCUT2D eigenvalue weighted by Gasteiger charge is 2.45. The molecular weight excluding hydrogens is 300 g/mol. The zero-order valence-electron chi connectivity index (χ0n) is 13.2. The van der Waals surface area contributed by atoms with Crippen molar-refractivity contribution < 1.29 is 13.2 Å². The van der Waals surface area contributed by atoms with Crippen molar-refractivity contribution in [2.75, 3.05) is 26.3 Å². The van der Waals surface area contributed by atoms with Crippen molar-refractivity contribution >= 4 is 10.2 Å². The molecule has 0 saturated carbocycles. The first-order valence-electron chi connectivity index (χ1n) is 7.93. The van der Waals surface area contributed by atoms with Gasteiger partial charge in [-0.1, -0.05) is 30.3 Å². The van der Waals surface area contributed by atoms with Crippen molar-refractivity contribution in [3.05, 3.63) is 35.9 Å². The zero-order valence-corrected chi connectivity index (χ0v) is 14.0. The zero-order chi connectivity index (χ0) is 15.7. The Balaban J connectivity index is 1.85. The number of benzene rings is 1. The third-order valence-electron chi connectivity index (χ3n) is 4.80. The van der Waals surface area contributed by atoms with Crippen molar-refractivity contribution in [1.82, 2.24) is 8.61 Å². The van der Waals surface area contributed by atoms with E-state index in [1.807, 2.05) is 32.0 Å². The first-order valence-corrected chi connectivity index (χ1v) is 9.33. The van der Waals surface area contributed by atoms with Gasteiger partial charge in [0.15, 0.2) is 0 Å². The van der Waals surface area contributed by atoms with Crippen LogP contribution in [0.5, 0.6) is 0 Å². The molecule has 2 aliphatic rings. The van der Waals surface area contributed by atoms with Crippen LogP contribution in [0.25, 0.3) is 0 Å². The van der Waals surface area contributed by atoms with Gasteiger partial charge in [0.05, 0.1) is 13.2 Å². The number of nitrogens with zero attached hydrogens (tertiary/aromatic N) is 2. The number of morpholine rings is 1. The van der Waals surface area contributed by atoms with Crippen molar-refractivity contribution in [3.8, 4) is 0 Å². The Hall–Kier alpha value is -0.950. The molecule has 1 aromatic rings. The summed E-state index contributed by atoms with van der Waals surface area (Å²) < 4.78 is 34.5. The Labute approximate surface area is 133 Å². The fraction of sp³-hybridized carbons (Fsp3) is 0.625. The van der Waals surface area contributed by atoms with Gasteiger partial charge in [-0.2, -0.15) is 17.0 Å². The van der Waals surface area contributed by atoms with Crippen LogP contribution in [-0.2, 0) is 14.9 Å². The van der Waals surface area contributed by atoms with Gasteiger partial charge in [0.2, 0.25) is 0 Å². The largest absolute Gasteiger partial charge is 0.379 e. The van der Waals surface area contributed by atoms with Gasteiger partial charge in [-0.25, -0.2) is 0 Å². The van der Waals surface area contributed by atoms with E-state index >= 15 is 0 Å². The third-order valence-corrected chi connectivity index (χ3v) is 7.05. The topological polar surface area (TPSA) is 49.9 Å². The lowest BCUT2D eigenvalue weighted by atomic mass is 9.92. The SMILES string of the molecule is C[C@@H]1C[C@H](c2ccccc2)[C@H](C)N1S(=O)(=O)N1CCOCC1. The maximum atomic E-state index is 13.0. The predicted molar refractivity (Wildman–Crippen MR) is 85.9 cm³/mol. The monoisotopic (exact) mass is 324 g/mol. The van der Waals surface area contributed by atoms with E-state index in [0.717, 1.165) is 6.42 Å². The first kappa shape index (κ1) is 15.9. The van der Waals surface area contributed by atoms with Crippen molar-refractivity contribution in [1.29, 1.82) is 0 Å². The van der Waals surface area contributed by atoms with Gasteiger partial charge < -0.3 is 4.74 Å². The Morgan fingerprint density at radius 1 is 1.09 bits per heavy atom. The van der Waals surface area contributed by atoms with Crippen LogP contribution in [0.3, 0.4) is 0 Å². The van der Waals surface area contributed by atoms with Crippen LogP contribution >= 0.6 is 0 Å². The molecule has 0 unspecified atom stereocenters. The second kappa shape index (κ2) is 6.28. The highest BCUT2D eigenvalue weighted by Crippen LogP contribution is 2.39. The molecule has 3 rings (SSSR count). The molecule has 0 radical (unpaired) electrons. The molecule has 6 heteroatoms. The maximum absolute atomic E-state index is 13.0. The van der Waals surface area contributed by atoms with Crippen LogP contribution in [-0.4, -0.2) is 55.4 Å². The van der Waals surface area contributed by atoms with E-state index in [2.05, 4.69) is 12.1 Å². The van der Waals surface area contributed by atoms with E-state index in [0.29, 0.717) is 26.3 Å². The quantitative estimate of drug-likeness (QED) is 0.852. The smallest absolute Gasteiger partial charge is 0.282 e. The van der Waals surface area contributed by atoms with Crippen LogP contribution in [0.4, 0.5) is 0 Å². The number of ether oxygens (including phenoxy) is 1. The van der Waals surface area contributed by atoms with E-state index in [-0.39, 0.29) is 18.0 Å². The van der Waals surface area contributed by atoms with Gasteiger partial charge in [0.25, 0.3) is 10.2 Å². The fourth-order valence-electron chi connectivity index (χ4n) is 3.71. The Kier molecular flexibility index (Phi) is 4.54. The van der Waals surface area contributed by atoms with Gasteiger partial charge >= 0.3 is 0 Å². The molecule has 22 heavy (non-hydrogen) atoms. The van der Waals surface area contributed by atoms with Crippen molar-refractivity contribution in [3.63, 3.8) is 0 Å². The molecule has 0 bridgehead atoms. The van der Waals surface area contributed by atoms with Gasteiger partial charge in [0.1, 0.15) is 0 Å². The fourth-order valence-corrected chi connectivity index (χ4v) is 5.70. The molecule has 5 nitrogen and oxygen atoms in total. The summed E-state index contributed by atoms with van der Waals surface area (Å²) in [5.74, 6) is 0.256. The highest BCUT2D eigenvalue weighted by molar-refractivity contribution is 7.86. The second-order valence-electron chi connectivity index (χ2n) is 6.19. The van der Waals surface area contributed by atoms with Crippen LogP contribution in [0.15, 0.2) is 30.3 Å². The summed E-state index contributed by atoms with van der Waals surface area (Å²) in [7, 11) is -3.41. The van der Waals surface area contributed by atoms with Crippen molar-refractivity contribution in [2.45, 2.75) is 38.3 Å². The first-order chi connectivity index (χ1) is 10.5. The molecule has 122 valence electrons. The normalized spacial score (nSPS) is 31.5. The molecule has 2 heterocycles. The summed E-state index contributed by atoms with van der Waals surface area (Å²) in [6.45, 7) is 5.91. The van der Waals surface area contributed by atoms with E-state index in [1.54, 1.807) is 8.61 Å². The average molecular weight is 324 g/mol. The van der Waals surface area contributed by atoms with Gasteiger partial charge in [-0.15, -0.1) is 0 Å². The summed E-state index contributed by atoms with van der Waals surface area (Å²) in [6.07, 6.45) is 0.870. The molecule has 2 saturated heterocycles. The Morgan fingerprint density at radius 2 is 1.73 bits per heavy atom. The maximum Gasteiger partial charge on any atom is 0.282 e. The molecular formula is C16H24N2O3S. The van der Waals surface area contributed by atoms with Gasteiger partial charge in [-0.3, -0.25) is 0 Å². The molecule has 2 fully saturated rings. The standard InChI is InChI=1S/C16H24N2O3S/c1-13-12-16(15-6-4-3-5-7-15)14(2)18(13)22(19,20)17-8-10-21-11-9-17/h3-7,13-14,16H,8-12H2,1-2H3/t13-,14+,16+/m1/s1. The van der Waals surface area contributed by atoms with Crippen LogP contribution in [0, 0.1) is 0 Å². The van der Waals surface area contributed by atoms with Crippen LogP contribution in [0.2, 0.25) is 0 Å². The molecule has 1 aromatic carbocycles. The molecule has 0 amide bonds. The minimum Gasteiger partial charge on any atom is -0.379 e. The summed E-state index contributed by atoms with van der Waals surface area (Å²) >= 11 is 0. The summed E-state index contributed by atoms with van der Waals surface area (Å²) in [5.41, 5.74) is 1.22. The van der Waals surface area contributed by atoms with E-state index < -0.39 is 10.2 Å². The van der Waals surface area contributed by atoms with Crippen molar-refractivity contribution in [2.24, 2.45) is 0 Å². The lowest BCUT2D eigenvalue weighted by molar-refractivity contribution is 0.0692. The van der Waals surface area contributed by atoms with Gasteiger partial charge in [-0.05, 0) is 25.8 Å². The second-order valence-corrected chi connectivity index (χ2v) is 8.03. The Morgan fingerprint density at radius 3 is 2.36 bits per heavy atom. The van der Waals surface area contributed by atoms with E-state index in [4.69, 9.17) is 4.74 Å². The van der Waals surface area contributed by atoms with E-state index in [1.165, 1.54) is 5.56 Å². The summed E-state index contributed by atoms with van der Waals surface area (Å²) in [6, 6.07) is 10.2. The van der Waals surface area contributed by atoms with E-state index in [9.17, 15) is 8.42 Å². The van der Waals surface area contributed by atoms with Crippen LogP contribution in [0.1, 0.15) is 31.7 Å². The predicted octanol–water partition coefficient (Wildman–Crippen LogP) is 1.83. The molecule has 3 atom stereocenters. The van der Waals surface area contributed by atoms with Crippen LogP contribution < -0.4 is 0 Å². The number of hydrogen-bond donors (Lipinski definition) is 0. The average Bonchev–Trinajstić information content (AvgIpc) is 2.84. The molecule has 0 aromatic heterocycles. The van der Waals surface area contributed by atoms with Gasteiger partial charge in [0, 0.05) is 31.1 Å². The number of rotatable bonds is 3. The molecule has 2 aliphatic heterocycles. The molecule has 0 spiro atoms.